The number of hydrogen-bond acceptors (Lipinski definition) is 4. The van der Waals surface area contributed by atoms with Crippen molar-refractivity contribution in [2.45, 2.75) is 6.54 Å². The molecule has 0 aliphatic carbocycles. The van der Waals surface area contributed by atoms with Crippen molar-refractivity contribution in [2.24, 2.45) is 0 Å². The highest BCUT2D eigenvalue weighted by molar-refractivity contribution is 7.92. The zero-order chi connectivity index (χ0) is 20.9. The lowest BCUT2D eigenvalue weighted by atomic mass is 10.1. The third-order valence-corrected chi connectivity index (χ3v) is 4.83. The molecule has 29 heavy (non-hydrogen) atoms. The lowest BCUT2D eigenvalue weighted by Gasteiger charge is -2.06. The molecule has 0 aliphatic rings. The second-order valence-electron chi connectivity index (χ2n) is 6.59. The van der Waals surface area contributed by atoms with Gasteiger partial charge in [-0.3, -0.25) is 9.52 Å². The van der Waals surface area contributed by atoms with Gasteiger partial charge in [0.25, 0.3) is 0 Å². The molecule has 0 heterocycles. The molecule has 7 heteroatoms. The van der Waals surface area contributed by atoms with Gasteiger partial charge < -0.3 is 10.1 Å². The fraction of sp³-hybridized carbons (Fsp3) is 0.136. The van der Waals surface area contributed by atoms with Gasteiger partial charge in [-0.25, -0.2) is 8.42 Å². The van der Waals surface area contributed by atoms with Gasteiger partial charge in [0.2, 0.25) is 15.9 Å². The van der Waals surface area contributed by atoms with Crippen molar-refractivity contribution in [3.8, 4) is 5.75 Å². The van der Waals surface area contributed by atoms with Crippen molar-refractivity contribution < 1.29 is 17.9 Å². The van der Waals surface area contributed by atoms with Crippen molar-refractivity contribution in [1.82, 2.24) is 5.32 Å². The summed E-state index contributed by atoms with van der Waals surface area (Å²) in [6.45, 7) is 0.419. The number of carbonyl (C=O) groups excluding carboxylic acids is 1. The van der Waals surface area contributed by atoms with Crippen LogP contribution in [-0.4, -0.2) is 27.7 Å². The molecule has 3 aromatic rings. The number of amides is 1. The Bertz CT molecular complexity index is 1150. The molecule has 3 aromatic carbocycles. The Hall–Kier alpha value is -3.32. The van der Waals surface area contributed by atoms with Crippen LogP contribution in [0.25, 0.3) is 16.8 Å². The maximum atomic E-state index is 12.1. The number of nitrogens with one attached hydrogen (secondary N) is 2. The minimum Gasteiger partial charge on any atom is -0.497 e. The molecule has 0 bridgehead atoms. The molecule has 2 N–H and O–H groups in total. The van der Waals surface area contributed by atoms with Crippen LogP contribution < -0.4 is 14.8 Å². The van der Waals surface area contributed by atoms with Crippen LogP contribution in [-0.2, 0) is 21.4 Å². The summed E-state index contributed by atoms with van der Waals surface area (Å²) in [6.07, 6.45) is 4.22. The smallest absolute Gasteiger partial charge is 0.244 e. The van der Waals surface area contributed by atoms with E-state index < -0.39 is 10.0 Å². The number of anilines is 1. The van der Waals surface area contributed by atoms with Gasteiger partial charge in [0.15, 0.2) is 0 Å². The topological polar surface area (TPSA) is 84.5 Å². The van der Waals surface area contributed by atoms with E-state index in [4.69, 9.17) is 4.74 Å². The lowest BCUT2D eigenvalue weighted by molar-refractivity contribution is -0.116. The van der Waals surface area contributed by atoms with Crippen molar-refractivity contribution in [3.05, 3.63) is 77.9 Å². The number of sulfonamides is 1. The molecule has 0 atom stereocenters. The molecule has 0 unspecified atom stereocenters. The summed E-state index contributed by atoms with van der Waals surface area (Å²) < 4.78 is 30.0. The first-order chi connectivity index (χ1) is 13.8. The molecular formula is C22H22N2O4S. The lowest BCUT2D eigenvalue weighted by Crippen LogP contribution is -2.20. The van der Waals surface area contributed by atoms with E-state index >= 15 is 0 Å². The third-order valence-electron chi connectivity index (χ3n) is 4.22. The number of methoxy groups -OCH3 is 1. The van der Waals surface area contributed by atoms with Crippen molar-refractivity contribution in [2.75, 3.05) is 18.1 Å². The first-order valence-corrected chi connectivity index (χ1v) is 10.8. The minimum atomic E-state index is -3.31. The standard InChI is InChI=1S/C22H22N2O4S/c1-28-21-11-8-18-13-17(3-7-19(18)14-21)15-23-22(25)12-6-16-4-9-20(10-5-16)24-29(2,26)27/h3-14,24H,15H2,1-2H3,(H,23,25)/b12-6+. The Morgan fingerprint density at radius 1 is 1.00 bits per heavy atom. The Kier molecular flexibility index (Phi) is 6.19. The van der Waals surface area contributed by atoms with Crippen LogP contribution in [0.2, 0.25) is 0 Å². The fourth-order valence-electron chi connectivity index (χ4n) is 2.81. The number of rotatable bonds is 7. The van der Waals surface area contributed by atoms with Gasteiger partial charge >= 0.3 is 0 Å². The minimum absolute atomic E-state index is 0.210. The van der Waals surface area contributed by atoms with E-state index in [-0.39, 0.29) is 5.91 Å². The van der Waals surface area contributed by atoms with Crippen LogP contribution in [0, 0.1) is 0 Å². The van der Waals surface area contributed by atoms with Crippen molar-refractivity contribution >= 4 is 38.5 Å². The highest BCUT2D eigenvalue weighted by Crippen LogP contribution is 2.21. The number of ether oxygens (including phenoxy) is 1. The summed E-state index contributed by atoms with van der Waals surface area (Å²) in [5.41, 5.74) is 2.27. The Balaban J connectivity index is 1.57. The summed E-state index contributed by atoms with van der Waals surface area (Å²) in [4.78, 5) is 12.1. The normalized spacial score (nSPS) is 11.5. The van der Waals surface area contributed by atoms with Gasteiger partial charge in [0.05, 0.1) is 13.4 Å². The molecule has 0 spiro atoms. The monoisotopic (exact) mass is 410 g/mol. The first-order valence-electron chi connectivity index (χ1n) is 8.93. The molecule has 0 aliphatic heterocycles. The Labute approximate surface area is 170 Å². The van der Waals surface area contributed by atoms with Gasteiger partial charge in [0.1, 0.15) is 5.75 Å². The maximum absolute atomic E-state index is 12.1. The highest BCUT2D eigenvalue weighted by Gasteiger charge is 2.02. The maximum Gasteiger partial charge on any atom is 0.244 e. The van der Waals surface area contributed by atoms with Crippen LogP contribution in [0.1, 0.15) is 11.1 Å². The van der Waals surface area contributed by atoms with Crippen molar-refractivity contribution in [1.29, 1.82) is 0 Å². The van der Waals surface area contributed by atoms with Crippen LogP contribution in [0.3, 0.4) is 0 Å². The molecule has 0 saturated heterocycles. The largest absolute Gasteiger partial charge is 0.497 e. The first kappa shape index (κ1) is 20.4. The van der Waals surface area contributed by atoms with E-state index in [1.165, 1.54) is 6.08 Å². The number of carbonyl (C=O) groups is 1. The predicted molar refractivity (Wildman–Crippen MR) is 116 cm³/mol. The average molecular weight is 410 g/mol. The second-order valence-corrected chi connectivity index (χ2v) is 8.34. The zero-order valence-corrected chi connectivity index (χ0v) is 17.0. The predicted octanol–water partition coefficient (Wildman–Crippen LogP) is 3.55. The van der Waals surface area contributed by atoms with Crippen LogP contribution in [0.4, 0.5) is 5.69 Å². The number of fused-ring (bicyclic) bond motifs is 1. The molecule has 150 valence electrons. The van der Waals surface area contributed by atoms with Crippen LogP contribution >= 0.6 is 0 Å². The molecule has 0 fully saturated rings. The number of hydrogen-bond donors (Lipinski definition) is 2. The molecular weight excluding hydrogens is 388 g/mol. The Morgan fingerprint density at radius 3 is 2.38 bits per heavy atom. The van der Waals surface area contributed by atoms with Gasteiger partial charge in [-0.05, 0) is 58.3 Å². The second kappa shape index (κ2) is 8.79. The van der Waals surface area contributed by atoms with E-state index in [0.29, 0.717) is 12.2 Å². The summed E-state index contributed by atoms with van der Waals surface area (Å²) in [6, 6.07) is 18.6. The summed E-state index contributed by atoms with van der Waals surface area (Å²) in [7, 11) is -1.67. The van der Waals surface area contributed by atoms with Crippen LogP contribution in [0.5, 0.6) is 5.75 Å². The SMILES string of the molecule is COc1ccc2cc(CNC(=O)/C=C/c3ccc(NS(C)(=O)=O)cc3)ccc2c1. The van der Waals surface area contributed by atoms with Gasteiger partial charge in [-0.15, -0.1) is 0 Å². The van der Waals surface area contributed by atoms with E-state index in [9.17, 15) is 13.2 Å². The average Bonchev–Trinajstić information content (AvgIpc) is 2.70. The zero-order valence-electron chi connectivity index (χ0n) is 16.2. The fourth-order valence-corrected chi connectivity index (χ4v) is 3.37. The summed E-state index contributed by atoms with van der Waals surface area (Å²) >= 11 is 0. The molecule has 0 radical (unpaired) electrons. The van der Waals surface area contributed by atoms with E-state index in [2.05, 4.69) is 10.0 Å². The highest BCUT2D eigenvalue weighted by atomic mass is 32.2. The van der Waals surface area contributed by atoms with E-state index in [1.807, 2.05) is 36.4 Å². The molecule has 3 rings (SSSR count). The molecule has 0 aromatic heterocycles. The van der Waals surface area contributed by atoms with Gasteiger partial charge in [-0.2, -0.15) is 0 Å². The third kappa shape index (κ3) is 6.08. The van der Waals surface area contributed by atoms with E-state index in [0.717, 1.165) is 33.9 Å². The Morgan fingerprint density at radius 2 is 1.69 bits per heavy atom. The number of benzene rings is 3. The van der Waals surface area contributed by atoms with E-state index in [1.54, 1.807) is 37.5 Å². The molecule has 1 amide bonds. The summed E-state index contributed by atoms with van der Waals surface area (Å²) in [5.74, 6) is 0.599. The summed E-state index contributed by atoms with van der Waals surface area (Å²) in [5, 5.41) is 5.01. The van der Waals surface area contributed by atoms with Gasteiger partial charge in [0, 0.05) is 18.3 Å². The molecule has 6 nitrogen and oxygen atoms in total. The quantitative estimate of drug-likeness (QED) is 0.584. The van der Waals surface area contributed by atoms with Crippen molar-refractivity contribution in [3.63, 3.8) is 0 Å². The van der Waals surface area contributed by atoms with Gasteiger partial charge in [-0.1, -0.05) is 30.3 Å². The molecule has 0 saturated carbocycles. The van der Waals surface area contributed by atoms with Crippen LogP contribution in [0.15, 0.2) is 66.7 Å².